The number of nitrogens with zero attached hydrogens (tertiary/aromatic N) is 1. The highest BCUT2D eigenvalue weighted by Crippen LogP contribution is 2.22. The standard InChI is InChI=1S/C16H25N3O2/c1-19(13-6-2-3-7-13)11-10-18-16(20)12-21-15-9-5-4-8-14(15)17/h4-5,8-9,13H,2-3,6-7,10-12,17H2,1H3,(H,18,20). The van der Waals surface area contributed by atoms with Gasteiger partial charge in [0.25, 0.3) is 5.91 Å². The fourth-order valence-corrected chi connectivity index (χ4v) is 2.71. The Bertz CT molecular complexity index is 459. The number of benzene rings is 1. The van der Waals surface area contributed by atoms with Crippen LogP contribution in [0.4, 0.5) is 5.69 Å². The molecule has 116 valence electrons. The topological polar surface area (TPSA) is 67.6 Å². The minimum atomic E-state index is -0.113. The maximum Gasteiger partial charge on any atom is 0.257 e. The number of carbonyl (C=O) groups excluding carboxylic acids is 1. The van der Waals surface area contributed by atoms with Crippen molar-refractivity contribution in [3.05, 3.63) is 24.3 Å². The molecule has 0 unspecified atom stereocenters. The molecule has 0 radical (unpaired) electrons. The van der Waals surface area contributed by atoms with Crippen LogP contribution in [0, 0.1) is 0 Å². The fraction of sp³-hybridized carbons (Fsp3) is 0.562. The van der Waals surface area contributed by atoms with Crippen LogP contribution >= 0.6 is 0 Å². The Morgan fingerprint density at radius 2 is 2.10 bits per heavy atom. The summed E-state index contributed by atoms with van der Waals surface area (Å²) >= 11 is 0. The predicted molar refractivity (Wildman–Crippen MR) is 84.2 cm³/mol. The number of amides is 1. The molecule has 1 aliphatic rings. The Hall–Kier alpha value is -1.75. The van der Waals surface area contributed by atoms with Crippen LogP contribution < -0.4 is 15.8 Å². The Morgan fingerprint density at radius 3 is 2.81 bits per heavy atom. The number of hydrogen-bond donors (Lipinski definition) is 2. The van der Waals surface area contributed by atoms with E-state index in [-0.39, 0.29) is 12.5 Å². The predicted octanol–water partition coefficient (Wildman–Crippen LogP) is 1.64. The van der Waals surface area contributed by atoms with E-state index in [1.807, 2.05) is 12.1 Å². The number of rotatable bonds is 7. The van der Waals surface area contributed by atoms with Gasteiger partial charge in [-0.15, -0.1) is 0 Å². The molecular weight excluding hydrogens is 266 g/mol. The fourth-order valence-electron chi connectivity index (χ4n) is 2.71. The van der Waals surface area contributed by atoms with Crippen molar-refractivity contribution in [1.82, 2.24) is 10.2 Å². The highest BCUT2D eigenvalue weighted by molar-refractivity contribution is 5.77. The molecule has 0 saturated heterocycles. The van der Waals surface area contributed by atoms with Gasteiger partial charge in [0.2, 0.25) is 0 Å². The minimum absolute atomic E-state index is 0.00135. The summed E-state index contributed by atoms with van der Waals surface area (Å²) in [5.41, 5.74) is 6.30. The Morgan fingerprint density at radius 1 is 1.38 bits per heavy atom. The number of para-hydroxylation sites is 2. The molecule has 5 heteroatoms. The number of nitrogens with two attached hydrogens (primary N) is 1. The third kappa shape index (κ3) is 4.93. The average molecular weight is 291 g/mol. The molecule has 0 bridgehead atoms. The smallest absolute Gasteiger partial charge is 0.257 e. The number of ether oxygens (including phenoxy) is 1. The summed E-state index contributed by atoms with van der Waals surface area (Å²) in [4.78, 5) is 14.1. The molecule has 1 aromatic rings. The quantitative estimate of drug-likeness (QED) is 0.749. The normalized spacial score (nSPS) is 15.3. The van der Waals surface area contributed by atoms with Crippen molar-refractivity contribution in [2.45, 2.75) is 31.7 Å². The second kappa shape index (κ2) is 7.88. The zero-order chi connectivity index (χ0) is 15.1. The van der Waals surface area contributed by atoms with E-state index in [4.69, 9.17) is 10.5 Å². The van der Waals surface area contributed by atoms with E-state index in [2.05, 4.69) is 17.3 Å². The van der Waals surface area contributed by atoms with Gasteiger partial charge in [-0.05, 0) is 32.0 Å². The van der Waals surface area contributed by atoms with Gasteiger partial charge in [0.05, 0.1) is 5.69 Å². The van der Waals surface area contributed by atoms with E-state index in [0.717, 1.165) is 6.54 Å². The molecule has 0 aromatic heterocycles. The van der Waals surface area contributed by atoms with E-state index in [1.165, 1.54) is 25.7 Å². The molecule has 1 fully saturated rings. The summed E-state index contributed by atoms with van der Waals surface area (Å²) < 4.78 is 5.41. The Kier molecular flexibility index (Phi) is 5.87. The first-order valence-electron chi connectivity index (χ1n) is 7.61. The van der Waals surface area contributed by atoms with E-state index in [9.17, 15) is 4.79 Å². The number of carbonyl (C=O) groups is 1. The van der Waals surface area contributed by atoms with Crippen molar-refractivity contribution in [2.24, 2.45) is 0 Å². The van der Waals surface area contributed by atoms with Crippen LogP contribution in [-0.2, 0) is 4.79 Å². The number of anilines is 1. The second-order valence-corrected chi connectivity index (χ2v) is 5.60. The first-order valence-corrected chi connectivity index (χ1v) is 7.61. The van der Waals surface area contributed by atoms with E-state index in [0.29, 0.717) is 24.0 Å². The average Bonchev–Trinajstić information content (AvgIpc) is 3.00. The molecule has 0 heterocycles. The third-order valence-corrected chi connectivity index (χ3v) is 4.01. The Labute approximate surface area is 126 Å². The van der Waals surface area contributed by atoms with Crippen molar-refractivity contribution in [1.29, 1.82) is 0 Å². The molecular formula is C16H25N3O2. The van der Waals surface area contributed by atoms with Crippen molar-refractivity contribution in [3.8, 4) is 5.75 Å². The summed E-state index contributed by atoms with van der Waals surface area (Å²) in [5.74, 6) is 0.439. The number of nitrogen functional groups attached to an aromatic ring is 1. The van der Waals surface area contributed by atoms with Crippen LogP contribution in [0.2, 0.25) is 0 Å². The van der Waals surface area contributed by atoms with Gasteiger partial charge in [-0.1, -0.05) is 25.0 Å². The number of nitrogens with one attached hydrogen (secondary N) is 1. The molecule has 0 atom stereocenters. The zero-order valence-electron chi connectivity index (χ0n) is 12.7. The summed E-state index contributed by atoms with van der Waals surface area (Å²) in [6.07, 6.45) is 5.21. The molecule has 21 heavy (non-hydrogen) atoms. The van der Waals surface area contributed by atoms with Gasteiger partial charge >= 0.3 is 0 Å². The van der Waals surface area contributed by atoms with Gasteiger partial charge in [0, 0.05) is 19.1 Å². The third-order valence-electron chi connectivity index (χ3n) is 4.01. The van der Waals surface area contributed by atoms with Crippen LogP contribution in [0.1, 0.15) is 25.7 Å². The second-order valence-electron chi connectivity index (χ2n) is 5.60. The summed E-state index contributed by atoms with van der Waals surface area (Å²) in [7, 11) is 2.13. The van der Waals surface area contributed by atoms with Gasteiger partial charge in [-0.3, -0.25) is 4.79 Å². The van der Waals surface area contributed by atoms with Crippen LogP contribution in [0.25, 0.3) is 0 Å². The SMILES string of the molecule is CN(CCNC(=O)COc1ccccc1N)C1CCCC1. The number of hydrogen-bond acceptors (Lipinski definition) is 4. The van der Waals surface area contributed by atoms with Gasteiger partial charge in [0.15, 0.2) is 6.61 Å². The highest BCUT2D eigenvalue weighted by Gasteiger charge is 2.18. The molecule has 0 aliphatic heterocycles. The molecule has 0 spiro atoms. The largest absolute Gasteiger partial charge is 0.482 e. The maximum absolute atomic E-state index is 11.7. The van der Waals surface area contributed by atoms with E-state index < -0.39 is 0 Å². The van der Waals surface area contributed by atoms with Crippen molar-refractivity contribution in [3.63, 3.8) is 0 Å². The lowest BCUT2D eigenvalue weighted by Crippen LogP contribution is -2.38. The lowest BCUT2D eigenvalue weighted by Gasteiger charge is -2.23. The molecule has 1 amide bonds. The Balaban J connectivity index is 1.62. The summed E-state index contributed by atoms with van der Waals surface area (Å²) in [6.45, 7) is 1.53. The molecule has 1 aromatic carbocycles. The molecule has 1 saturated carbocycles. The summed E-state index contributed by atoms with van der Waals surface area (Å²) in [6, 6.07) is 7.86. The molecule has 3 N–H and O–H groups in total. The van der Waals surface area contributed by atoms with Gasteiger partial charge in [0.1, 0.15) is 5.75 Å². The molecule has 2 rings (SSSR count). The zero-order valence-corrected chi connectivity index (χ0v) is 12.7. The maximum atomic E-state index is 11.7. The monoisotopic (exact) mass is 291 g/mol. The highest BCUT2D eigenvalue weighted by atomic mass is 16.5. The lowest BCUT2D eigenvalue weighted by atomic mass is 10.2. The molecule has 1 aliphatic carbocycles. The van der Waals surface area contributed by atoms with Crippen molar-refractivity contribution >= 4 is 11.6 Å². The first kappa shape index (κ1) is 15.6. The van der Waals surface area contributed by atoms with Crippen LogP contribution in [0.3, 0.4) is 0 Å². The van der Waals surface area contributed by atoms with Crippen molar-refractivity contribution in [2.75, 3.05) is 32.5 Å². The van der Waals surface area contributed by atoms with Gasteiger partial charge in [-0.2, -0.15) is 0 Å². The first-order chi connectivity index (χ1) is 10.2. The van der Waals surface area contributed by atoms with Crippen LogP contribution in [0.15, 0.2) is 24.3 Å². The van der Waals surface area contributed by atoms with E-state index in [1.54, 1.807) is 12.1 Å². The van der Waals surface area contributed by atoms with Crippen molar-refractivity contribution < 1.29 is 9.53 Å². The molecule has 5 nitrogen and oxygen atoms in total. The van der Waals surface area contributed by atoms with Gasteiger partial charge in [-0.25, -0.2) is 0 Å². The number of likely N-dealkylation sites (N-methyl/N-ethyl adjacent to an activating group) is 1. The minimum Gasteiger partial charge on any atom is -0.482 e. The van der Waals surface area contributed by atoms with E-state index >= 15 is 0 Å². The van der Waals surface area contributed by atoms with Crippen LogP contribution in [-0.4, -0.2) is 43.6 Å². The van der Waals surface area contributed by atoms with Crippen LogP contribution in [0.5, 0.6) is 5.75 Å². The lowest BCUT2D eigenvalue weighted by molar-refractivity contribution is -0.123. The summed E-state index contributed by atoms with van der Waals surface area (Å²) in [5, 5.41) is 2.88. The van der Waals surface area contributed by atoms with Gasteiger partial charge < -0.3 is 20.7 Å².